The molecule has 0 saturated heterocycles. The lowest BCUT2D eigenvalue weighted by Crippen LogP contribution is -2.29. The van der Waals surface area contributed by atoms with Gasteiger partial charge >= 0.3 is 0 Å². The molecule has 0 spiro atoms. The maximum Gasteiger partial charge on any atom is 0.255 e. The molecule has 1 aliphatic heterocycles. The average Bonchev–Trinajstić information content (AvgIpc) is 3.02. The first kappa shape index (κ1) is 15.0. The van der Waals surface area contributed by atoms with Crippen LogP contribution < -0.4 is 0 Å². The summed E-state index contributed by atoms with van der Waals surface area (Å²) in [7, 11) is 2.11. The highest BCUT2D eigenvalue weighted by Crippen LogP contribution is 2.43. The average molecular weight is 318 g/mol. The van der Waals surface area contributed by atoms with Gasteiger partial charge in [-0.25, -0.2) is 0 Å². The molecule has 3 heteroatoms. The topological polar surface area (TPSA) is 25.2 Å². The van der Waals surface area contributed by atoms with E-state index in [-0.39, 0.29) is 11.9 Å². The molecule has 3 aromatic rings. The maximum absolute atomic E-state index is 12.9. The second kappa shape index (κ2) is 5.52. The van der Waals surface area contributed by atoms with Gasteiger partial charge in [0.2, 0.25) is 0 Å². The van der Waals surface area contributed by atoms with Crippen LogP contribution in [0.2, 0.25) is 0 Å². The highest BCUT2D eigenvalue weighted by Gasteiger charge is 2.39. The molecular formula is C21H22N2O. The zero-order chi connectivity index (χ0) is 16.8. The van der Waals surface area contributed by atoms with Crippen molar-refractivity contribution in [3.63, 3.8) is 0 Å². The van der Waals surface area contributed by atoms with Crippen molar-refractivity contribution in [2.24, 2.45) is 7.05 Å². The lowest BCUT2D eigenvalue weighted by molar-refractivity contribution is 0.0750. The van der Waals surface area contributed by atoms with E-state index in [1.807, 2.05) is 23.1 Å². The molecule has 1 aromatic heterocycles. The van der Waals surface area contributed by atoms with Gasteiger partial charge in [0.05, 0.1) is 6.04 Å². The summed E-state index contributed by atoms with van der Waals surface area (Å²) in [6, 6.07) is 16.6. The number of para-hydroxylation sites is 1. The Morgan fingerprint density at radius 3 is 2.54 bits per heavy atom. The largest absolute Gasteiger partial charge is 0.348 e. The molecule has 4 rings (SSSR count). The van der Waals surface area contributed by atoms with E-state index < -0.39 is 0 Å². The number of hydrogen-bond donors (Lipinski definition) is 0. The van der Waals surface area contributed by atoms with Gasteiger partial charge in [-0.15, -0.1) is 0 Å². The first-order valence-corrected chi connectivity index (χ1v) is 8.59. The monoisotopic (exact) mass is 318 g/mol. The molecule has 2 aromatic carbocycles. The van der Waals surface area contributed by atoms with E-state index >= 15 is 0 Å². The highest BCUT2D eigenvalue weighted by atomic mass is 16.2. The van der Waals surface area contributed by atoms with E-state index in [1.54, 1.807) is 0 Å². The van der Waals surface area contributed by atoms with Crippen molar-refractivity contribution < 1.29 is 4.79 Å². The maximum atomic E-state index is 12.9. The van der Waals surface area contributed by atoms with Gasteiger partial charge in [0, 0.05) is 41.3 Å². The molecule has 0 N–H and O–H groups in total. The van der Waals surface area contributed by atoms with Gasteiger partial charge in [0.25, 0.3) is 5.91 Å². The number of amides is 1. The number of carbonyl (C=O) groups is 1. The Morgan fingerprint density at radius 1 is 1.04 bits per heavy atom. The fourth-order valence-corrected chi connectivity index (χ4v) is 4.05. The van der Waals surface area contributed by atoms with Crippen LogP contribution in [0.3, 0.4) is 0 Å². The molecule has 0 bridgehead atoms. The summed E-state index contributed by atoms with van der Waals surface area (Å²) in [4.78, 5) is 15.0. The van der Waals surface area contributed by atoms with Crippen molar-refractivity contribution in [3.8, 4) is 0 Å². The quantitative estimate of drug-likeness (QED) is 0.701. The molecule has 0 aliphatic carbocycles. The Morgan fingerprint density at radius 2 is 1.75 bits per heavy atom. The third kappa shape index (κ3) is 1.94. The molecule has 1 atom stereocenters. The van der Waals surface area contributed by atoms with E-state index in [0.29, 0.717) is 0 Å². The molecule has 0 unspecified atom stereocenters. The van der Waals surface area contributed by atoms with Gasteiger partial charge in [-0.3, -0.25) is 4.79 Å². The first-order chi connectivity index (χ1) is 11.6. The first-order valence-electron chi connectivity index (χ1n) is 8.59. The third-order valence-corrected chi connectivity index (χ3v) is 5.24. The minimum Gasteiger partial charge on any atom is -0.348 e. The van der Waals surface area contributed by atoms with Crippen LogP contribution in [0.15, 0.2) is 48.5 Å². The number of carbonyl (C=O) groups excluding carboxylic acids is 1. The fourth-order valence-electron chi connectivity index (χ4n) is 4.05. The van der Waals surface area contributed by atoms with Crippen LogP contribution in [0.25, 0.3) is 10.9 Å². The van der Waals surface area contributed by atoms with Crippen molar-refractivity contribution in [3.05, 3.63) is 70.9 Å². The van der Waals surface area contributed by atoms with E-state index in [1.165, 1.54) is 22.2 Å². The summed E-state index contributed by atoms with van der Waals surface area (Å²) in [5.41, 5.74) is 5.70. The zero-order valence-corrected chi connectivity index (χ0v) is 14.4. The molecule has 1 amide bonds. The van der Waals surface area contributed by atoms with Crippen LogP contribution in [0, 0.1) is 6.92 Å². The minimum absolute atomic E-state index is 0.0137. The SMILES string of the molecule is CCCN1C(=O)c2ccccc2[C@H]1c1c(C)n(C)c2ccccc12. The van der Waals surface area contributed by atoms with Crippen molar-refractivity contribution in [1.29, 1.82) is 0 Å². The molecule has 2 heterocycles. The number of nitrogens with zero attached hydrogens (tertiary/aromatic N) is 2. The number of benzene rings is 2. The Kier molecular flexibility index (Phi) is 3.45. The van der Waals surface area contributed by atoms with Crippen molar-refractivity contribution in [2.45, 2.75) is 26.3 Å². The summed E-state index contributed by atoms with van der Waals surface area (Å²) >= 11 is 0. The fraction of sp³-hybridized carbons (Fsp3) is 0.286. The van der Waals surface area contributed by atoms with E-state index in [2.05, 4.69) is 55.8 Å². The van der Waals surface area contributed by atoms with Gasteiger partial charge < -0.3 is 9.47 Å². The molecule has 1 aliphatic rings. The van der Waals surface area contributed by atoms with Crippen LogP contribution in [0.1, 0.15) is 46.6 Å². The van der Waals surface area contributed by atoms with E-state index in [9.17, 15) is 4.79 Å². The Balaban J connectivity index is 2.01. The predicted molar refractivity (Wildman–Crippen MR) is 97.3 cm³/mol. The molecule has 122 valence electrons. The molecule has 0 fully saturated rings. The number of fused-ring (bicyclic) bond motifs is 2. The summed E-state index contributed by atoms with van der Waals surface area (Å²) < 4.78 is 2.24. The van der Waals surface area contributed by atoms with Crippen molar-refractivity contribution >= 4 is 16.8 Å². The standard InChI is InChI=1S/C21H22N2O/c1-4-13-23-20(15-9-5-6-10-16(15)21(23)24)19-14(2)22(3)18-12-8-7-11-17(18)19/h5-12,20H,4,13H2,1-3H3/t20-/m0/s1. The van der Waals surface area contributed by atoms with Gasteiger partial charge in [0.1, 0.15) is 0 Å². The minimum atomic E-state index is 0.0137. The smallest absolute Gasteiger partial charge is 0.255 e. The normalized spacial score (nSPS) is 16.9. The Hall–Kier alpha value is -2.55. The Bertz CT molecular complexity index is 938. The van der Waals surface area contributed by atoms with Crippen LogP contribution in [-0.4, -0.2) is 21.9 Å². The van der Waals surface area contributed by atoms with Gasteiger partial charge in [0.15, 0.2) is 0 Å². The van der Waals surface area contributed by atoms with Crippen molar-refractivity contribution in [1.82, 2.24) is 9.47 Å². The number of aryl methyl sites for hydroxylation is 1. The van der Waals surface area contributed by atoms with Gasteiger partial charge in [-0.05, 0) is 31.0 Å². The van der Waals surface area contributed by atoms with Crippen LogP contribution in [0.4, 0.5) is 0 Å². The van der Waals surface area contributed by atoms with Gasteiger partial charge in [-0.2, -0.15) is 0 Å². The summed E-state index contributed by atoms with van der Waals surface area (Å²) in [5.74, 6) is 0.157. The molecule has 0 radical (unpaired) electrons. The zero-order valence-electron chi connectivity index (χ0n) is 14.4. The molecule has 24 heavy (non-hydrogen) atoms. The third-order valence-electron chi connectivity index (χ3n) is 5.24. The summed E-state index contributed by atoms with van der Waals surface area (Å²) in [6.45, 7) is 5.06. The second-order valence-corrected chi connectivity index (χ2v) is 6.56. The number of aromatic nitrogens is 1. The van der Waals surface area contributed by atoms with Crippen LogP contribution in [0.5, 0.6) is 0 Å². The van der Waals surface area contributed by atoms with Crippen LogP contribution >= 0.6 is 0 Å². The Labute approximate surface area is 142 Å². The molecule has 0 saturated carbocycles. The summed E-state index contributed by atoms with van der Waals surface area (Å²) in [5, 5.41) is 1.24. The van der Waals surface area contributed by atoms with Crippen molar-refractivity contribution in [2.75, 3.05) is 6.54 Å². The molecular weight excluding hydrogens is 296 g/mol. The highest BCUT2D eigenvalue weighted by molar-refractivity contribution is 6.01. The van der Waals surface area contributed by atoms with Crippen LogP contribution in [-0.2, 0) is 7.05 Å². The summed E-state index contributed by atoms with van der Waals surface area (Å²) in [6.07, 6.45) is 0.958. The van der Waals surface area contributed by atoms with E-state index in [4.69, 9.17) is 0 Å². The number of hydrogen-bond acceptors (Lipinski definition) is 1. The predicted octanol–water partition coefficient (Wildman–Crippen LogP) is 4.44. The lowest BCUT2D eigenvalue weighted by Gasteiger charge is -2.26. The lowest BCUT2D eigenvalue weighted by atomic mass is 9.95. The van der Waals surface area contributed by atoms with Gasteiger partial charge in [-0.1, -0.05) is 43.3 Å². The second-order valence-electron chi connectivity index (χ2n) is 6.56. The number of rotatable bonds is 3. The van der Waals surface area contributed by atoms with E-state index in [0.717, 1.165) is 24.1 Å². The molecule has 3 nitrogen and oxygen atoms in total.